The molecule has 2 N–H and O–H groups in total. The van der Waals surface area contributed by atoms with Gasteiger partial charge in [-0.05, 0) is 30.7 Å². The first-order valence-electron chi connectivity index (χ1n) is 5.73. The number of anilines is 1. The highest BCUT2D eigenvalue weighted by atomic mass is 32.1. The van der Waals surface area contributed by atoms with Crippen LogP contribution in [-0.4, -0.2) is 16.0 Å². The molecule has 0 saturated heterocycles. The Morgan fingerprint density at radius 1 is 1.45 bits per heavy atom. The first kappa shape index (κ1) is 13.8. The number of carbonyl (C=O) groups is 1. The molecule has 0 saturated carbocycles. The number of amides is 1. The molecule has 5 nitrogen and oxygen atoms in total. The molecule has 0 radical (unpaired) electrons. The zero-order valence-corrected chi connectivity index (χ0v) is 11.4. The summed E-state index contributed by atoms with van der Waals surface area (Å²) < 4.78 is 0. The fourth-order valence-corrected chi connectivity index (χ4v) is 2.14. The Morgan fingerprint density at radius 3 is 2.70 bits per heavy atom. The third-order valence-corrected chi connectivity index (χ3v) is 3.28. The maximum atomic E-state index is 11.9. The Balaban J connectivity index is 2.17. The lowest BCUT2D eigenvalue weighted by Crippen LogP contribution is -2.13. The van der Waals surface area contributed by atoms with Gasteiger partial charge in [0.1, 0.15) is 17.4 Å². The molecule has 6 heteroatoms. The first-order valence-corrected chi connectivity index (χ1v) is 6.61. The molecule has 0 spiro atoms. The quantitative estimate of drug-likeness (QED) is 0.670. The van der Waals surface area contributed by atoms with Crippen molar-refractivity contribution in [2.75, 3.05) is 5.32 Å². The fraction of sp³-hybridized carbons (Fsp3) is 0.0714. The number of aromatic nitrogens is 1. The summed E-state index contributed by atoms with van der Waals surface area (Å²) in [6.07, 6.45) is 1.45. The van der Waals surface area contributed by atoms with Gasteiger partial charge in [-0.15, -0.1) is 11.3 Å². The molecule has 0 aliphatic heterocycles. The van der Waals surface area contributed by atoms with E-state index in [-0.39, 0.29) is 11.3 Å². The molecule has 100 valence electrons. The van der Waals surface area contributed by atoms with Crippen LogP contribution in [0.5, 0.6) is 5.75 Å². The van der Waals surface area contributed by atoms with Crippen molar-refractivity contribution in [1.29, 1.82) is 5.26 Å². The second-order valence-electron chi connectivity index (χ2n) is 4.01. The Bertz CT molecular complexity index is 696. The van der Waals surface area contributed by atoms with E-state index < -0.39 is 5.91 Å². The van der Waals surface area contributed by atoms with E-state index in [4.69, 9.17) is 5.26 Å². The van der Waals surface area contributed by atoms with Crippen molar-refractivity contribution in [3.8, 4) is 11.8 Å². The number of thiazole rings is 1. The van der Waals surface area contributed by atoms with Crippen LogP contribution in [0.4, 0.5) is 5.13 Å². The molecule has 1 aromatic carbocycles. The van der Waals surface area contributed by atoms with E-state index in [1.807, 2.05) is 18.4 Å². The van der Waals surface area contributed by atoms with Crippen molar-refractivity contribution >= 4 is 28.5 Å². The van der Waals surface area contributed by atoms with Crippen molar-refractivity contribution in [3.63, 3.8) is 0 Å². The summed E-state index contributed by atoms with van der Waals surface area (Å²) in [6.45, 7) is 1.82. The average Bonchev–Trinajstić information content (AvgIpc) is 2.83. The zero-order valence-electron chi connectivity index (χ0n) is 10.6. The summed E-state index contributed by atoms with van der Waals surface area (Å²) in [6, 6.07) is 8.07. The van der Waals surface area contributed by atoms with E-state index in [0.29, 0.717) is 10.7 Å². The molecule has 0 fully saturated rings. The largest absolute Gasteiger partial charge is 0.508 e. The predicted octanol–water partition coefficient (Wildman–Crippen LogP) is 2.70. The molecular weight excluding hydrogens is 274 g/mol. The smallest absolute Gasteiger partial charge is 0.268 e. The predicted molar refractivity (Wildman–Crippen MR) is 77.2 cm³/mol. The summed E-state index contributed by atoms with van der Waals surface area (Å²) in [5, 5.41) is 23.1. The number of hydrogen-bond donors (Lipinski definition) is 2. The van der Waals surface area contributed by atoms with Crippen LogP contribution in [0.2, 0.25) is 0 Å². The highest BCUT2D eigenvalue weighted by molar-refractivity contribution is 7.13. The van der Waals surface area contributed by atoms with E-state index in [2.05, 4.69) is 10.3 Å². The number of phenols is 1. The highest BCUT2D eigenvalue weighted by Gasteiger charge is 2.11. The summed E-state index contributed by atoms with van der Waals surface area (Å²) in [4.78, 5) is 16.0. The van der Waals surface area contributed by atoms with Crippen molar-refractivity contribution in [3.05, 3.63) is 46.5 Å². The molecule has 0 atom stereocenters. The van der Waals surface area contributed by atoms with Gasteiger partial charge in [-0.3, -0.25) is 10.1 Å². The second kappa shape index (κ2) is 5.99. The second-order valence-corrected chi connectivity index (χ2v) is 4.87. The number of phenolic OH excluding ortho intramolecular Hbond substituents is 1. The van der Waals surface area contributed by atoms with Crippen molar-refractivity contribution in [1.82, 2.24) is 4.98 Å². The molecule has 1 amide bonds. The third-order valence-electron chi connectivity index (χ3n) is 2.41. The number of nitrogens with one attached hydrogen (secondary N) is 1. The Labute approximate surface area is 119 Å². The topological polar surface area (TPSA) is 86.0 Å². The normalized spacial score (nSPS) is 10.9. The molecule has 20 heavy (non-hydrogen) atoms. The van der Waals surface area contributed by atoms with Crippen LogP contribution in [0.25, 0.3) is 6.08 Å². The number of nitriles is 1. The van der Waals surface area contributed by atoms with Gasteiger partial charge in [0.05, 0.1) is 5.69 Å². The van der Waals surface area contributed by atoms with Gasteiger partial charge in [0.15, 0.2) is 5.13 Å². The number of aryl methyl sites for hydroxylation is 1. The van der Waals surface area contributed by atoms with E-state index in [1.54, 1.807) is 12.1 Å². The molecule has 1 aromatic heterocycles. The summed E-state index contributed by atoms with van der Waals surface area (Å²) in [5.41, 5.74) is 1.44. The summed E-state index contributed by atoms with van der Waals surface area (Å²) >= 11 is 1.30. The number of rotatable bonds is 3. The van der Waals surface area contributed by atoms with Crippen LogP contribution in [-0.2, 0) is 4.79 Å². The average molecular weight is 285 g/mol. The van der Waals surface area contributed by atoms with E-state index in [0.717, 1.165) is 5.69 Å². The minimum absolute atomic E-state index is 0.0245. The van der Waals surface area contributed by atoms with Gasteiger partial charge in [0.2, 0.25) is 0 Å². The Hall–Kier alpha value is -2.65. The van der Waals surface area contributed by atoms with E-state index in [9.17, 15) is 9.90 Å². The number of aromatic hydroxyl groups is 1. The van der Waals surface area contributed by atoms with Gasteiger partial charge < -0.3 is 5.11 Å². The molecule has 2 aromatic rings. The standard InChI is InChI=1S/C14H11N3O2S/c1-9-8-20-14(16-9)17-13(19)11(7-15)6-10-2-4-12(18)5-3-10/h2-6,8,18H,1H3,(H,16,17,19)/b11-6+. The molecular formula is C14H11N3O2S. The van der Waals surface area contributed by atoms with Gasteiger partial charge in [0.25, 0.3) is 5.91 Å². The summed E-state index contributed by atoms with van der Waals surface area (Å²) in [7, 11) is 0. The lowest BCUT2D eigenvalue weighted by molar-refractivity contribution is -0.112. The first-order chi connectivity index (χ1) is 9.58. The Morgan fingerprint density at radius 2 is 2.15 bits per heavy atom. The number of nitrogens with zero attached hydrogens (tertiary/aromatic N) is 2. The van der Waals surface area contributed by atoms with Gasteiger partial charge in [-0.1, -0.05) is 12.1 Å². The number of hydrogen-bond acceptors (Lipinski definition) is 5. The number of carbonyl (C=O) groups excluding carboxylic acids is 1. The van der Waals surface area contributed by atoms with Gasteiger partial charge in [-0.25, -0.2) is 4.98 Å². The van der Waals surface area contributed by atoms with Crippen molar-refractivity contribution in [2.24, 2.45) is 0 Å². The monoisotopic (exact) mass is 285 g/mol. The lowest BCUT2D eigenvalue weighted by atomic mass is 10.1. The maximum Gasteiger partial charge on any atom is 0.268 e. The Kier molecular flexibility index (Phi) is 4.13. The minimum Gasteiger partial charge on any atom is -0.508 e. The van der Waals surface area contributed by atoms with Gasteiger partial charge in [-0.2, -0.15) is 5.26 Å². The van der Waals surface area contributed by atoms with Crippen LogP contribution < -0.4 is 5.32 Å². The molecule has 0 unspecified atom stereocenters. The van der Waals surface area contributed by atoms with Crippen LogP contribution in [0.1, 0.15) is 11.3 Å². The minimum atomic E-state index is -0.505. The van der Waals surface area contributed by atoms with E-state index in [1.165, 1.54) is 29.5 Å². The number of benzene rings is 1. The molecule has 1 heterocycles. The van der Waals surface area contributed by atoms with Gasteiger partial charge in [0, 0.05) is 5.38 Å². The third kappa shape index (κ3) is 3.43. The van der Waals surface area contributed by atoms with Crippen molar-refractivity contribution in [2.45, 2.75) is 6.92 Å². The molecule has 0 aliphatic rings. The zero-order chi connectivity index (χ0) is 14.5. The van der Waals surface area contributed by atoms with Crippen molar-refractivity contribution < 1.29 is 9.90 Å². The van der Waals surface area contributed by atoms with Gasteiger partial charge >= 0.3 is 0 Å². The summed E-state index contributed by atoms with van der Waals surface area (Å²) in [5.74, 6) is -0.377. The highest BCUT2D eigenvalue weighted by Crippen LogP contribution is 2.17. The maximum absolute atomic E-state index is 11.9. The molecule has 0 aliphatic carbocycles. The van der Waals surface area contributed by atoms with Crippen LogP contribution in [0.15, 0.2) is 35.2 Å². The van der Waals surface area contributed by atoms with Crippen LogP contribution in [0, 0.1) is 18.3 Å². The fourth-order valence-electron chi connectivity index (χ4n) is 1.46. The van der Waals surface area contributed by atoms with Crippen LogP contribution >= 0.6 is 11.3 Å². The van der Waals surface area contributed by atoms with E-state index >= 15 is 0 Å². The SMILES string of the molecule is Cc1csc(NC(=O)/C(C#N)=C/c2ccc(O)cc2)n1. The molecule has 0 bridgehead atoms. The lowest BCUT2D eigenvalue weighted by Gasteiger charge is -2.00. The van der Waals surface area contributed by atoms with Crippen LogP contribution in [0.3, 0.4) is 0 Å². The molecule has 2 rings (SSSR count).